The van der Waals surface area contributed by atoms with Gasteiger partial charge in [0.1, 0.15) is 11.4 Å². The number of rotatable bonds is 7. The summed E-state index contributed by atoms with van der Waals surface area (Å²) in [5.74, 6) is -0.417. The summed E-state index contributed by atoms with van der Waals surface area (Å²) in [5.41, 5.74) is 9.41. The first-order valence-electron chi connectivity index (χ1n) is 11.9. The molecule has 0 spiro atoms. The van der Waals surface area contributed by atoms with Crippen molar-refractivity contribution in [2.24, 2.45) is 11.1 Å². The Labute approximate surface area is 197 Å². The molecule has 0 radical (unpaired) electrons. The van der Waals surface area contributed by atoms with Crippen LogP contribution >= 0.6 is 0 Å². The molecule has 7 heteroatoms. The van der Waals surface area contributed by atoms with E-state index >= 15 is 0 Å². The number of anilines is 1. The lowest BCUT2D eigenvalue weighted by Crippen LogP contribution is -2.77. The van der Waals surface area contributed by atoms with Crippen molar-refractivity contribution in [3.05, 3.63) is 35.0 Å². The number of primary amides is 1. The van der Waals surface area contributed by atoms with E-state index in [0.29, 0.717) is 35.4 Å². The zero-order valence-electron chi connectivity index (χ0n) is 21.0. The summed E-state index contributed by atoms with van der Waals surface area (Å²) in [6.07, 6.45) is 5.59. The lowest BCUT2D eigenvalue weighted by molar-refractivity contribution is -0.897. The number of carbonyl (C=O) groups excluding carboxylic acids is 2. The maximum atomic E-state index is 12.7. The van der Waals surface area contributed by atoms with E-state index in [0.717, 1.165) is 53.7 Å². The van der Waals surface area contributed by atoms with Gasteiger partial charge in [-0.1, -0.05) is 13.8 Å². The Morgan fingerprint density at radius 3 is 2.33 bits per heavy atom. The zero-order chi connectivity index (χ0) is 24.6. The van der Waals surface area contributed by atoms with Crippen LogP contribution in [0.25, 0.3) is 0 Å². The molecule has 33 heavy (non-hydrogen) atoms. The Kier molecular flexibility index (Phi) is 7.15. The molecule has 0 saturated heterocycles. The fraction of sp³-hybridized carbons (Fsp3) is 0.577. The van der Waals surface area contributed by atoms with Crippen molar-refractivity contribution >= 4 is 28.8 Å². The van der Waals surface area contributed by atoms with Crippen LogP contribution in [0.2, 0.25) is 0 Å². The lowest BCUT2D eigenvalue weighted by atomic mass is 9.75. The van der Waals surface area contributed by atoms with Crippen LogP contribution in [-0.2, 0) is 4.79 Å². The lowest BCUT2D eigenvalue weighted by Gasteiger charge is -2.39. The predicted octanol–water partition coefficient (Wildman–Crippen LogP) is 3.09. The highest BCUT2D eigenvalue weighted by Gasteiger charge is 2.36. The smallest absolute Gasteiger partial charge is 0.250 e. The van der Waals surface area contributed by atoms with E-state index < -0.39 is 5.91 Å². The molecular weight excluding hydrogens is 414 g/mol. The number of hydrogen-bond acceptors (Lipinski definition) is 4. The number of amides is 1. The van der Waals surface area contributed by atoms with Crippen molar-refractivity contribution in [1.29, 1.82) is 5.41 Å². The van der Waals surface area contributed by atoms with Crippen molar-refractivity contribution in [1.82, 2.24) is 0 Å². The Hall–Kier alpha value is -2.51. The average Bonchev–Trinajstić information content (AvgIpc) is 2.66. The van der Waals surface area contributed by atoms with E-state index in [4.69, 9.17) is 11.1 Å². The second kappa shape index (κ2) is 9.39. The summed E-state index contributed by atoms with van der Waals surface area (Å²) in [6.45, 7) is 5.85. The van der Waals surface area contributed by atoms with E-state index in [-0.39, 0.29) is 11.2 Å². The fourth-order valence-corrected chi connectivity index (χ4v) is 5.34. The fourth-order valence-electron chi connectivity index (χ4n) is 5.34. The number of hydrogen-bond donors (Lipinski definition) is 4. The molecule has 7 nitrogen and oxygen atoms in total. The highest BCUT2D eigenvalue weighted by Crippen LogP contribution is 2.35. The Balaban J connectivity index is 1.85. The van der Waals surface area contributed by atoms with Crippen molar-refractivity contribution in [2.75, 3.05) is 26.5 Å². The van der Waals surface area contributed by atoms with E-state index in [1.54, 1.807) is 13.0 Å². The molecule has 1 aromatic carbocycles. The Morgan fingerprint density at radius 1 is 1.15 bits per heavy atom. The number of allylic oxidation sites excluding steroid dienone is 2. The second-order valence-electron chi connectivity index (χ2n) is 11.5. The summed E-state index contributed by atoms with van der Waals surface area (Å²) >= 11 is 0. The summed E-state index contributed by atoms with van der Waals surface area (Å²) in [6, 6.07) is 6.55. The number of benzene rings is 1. The van der Waals surface area contributed by atoms with Crippen molar-refractivity contribution < 1.29 is 19.4 Å². The quantitative estimate of drug-likeness (QED) is 0.288. The molecule has 0 aliphatic heterocycles. The van der Waals surface area contributed by atoms with Crippen LogP contribution in [0.3, 0.4) is 0 Å². The topological polar surface area (TPSA) is 113 Å². The minimum atomic E-state index is -0.451. The SMILES string of the molecule is CC(=N)C1=C([NH2+]c2ccc(C(N)=O)c(NC3CCC([N+](C)(C)C)CC3)c2)CC(C)(C)CC1=O. The summed E-state index contributed by atoms with van der Waals surface area (Å²) in [5, 5.41) is 13.7. The van der Waals surface area contributed by atoms with Crippen LogP contribution in [0.4, 0.5) is 11.4 Å². The van der Waals surface area contributed by atoms with Gasteiger partial charge in [-0.3, -0.25) is 14.9 Å². The Morgan fingerprint density at radius 2 is 1.79 bits per heavy atom. The first kappa shape index (κ1) is 25.1. The highest BCUT2D eigenvalue weighted by molar-refractivity contribution is 6.21. The molecule has 2 aliphatic carbocycles. The summed E-state index contributed by atoms with van der Waals surface area (Å²) < 4.78 is 0.975. The van der Waals surface area contributed by atoms with E-state index in [2.05, 4.69) is 40.3 Å². The van der Waals surface area contributed by atoms with Crippen molar-refractivity contribution in [2.45, 2.75) is 71.4 Å². The molecule has 0 bridgehead atoms. The first-order chi connectivity index (χ1) is 15.3. The minimum absolute atomic E-state index is 0.0334. The molecule has 2 aliphatic rings. The molecule has 3 rings (SSSR count). The molecule has 1 saturated carbocycles. The summed E-state index contributed by atoms with van der Waals surface area (Å²) in [7, 11) is 6.75. The van der Waals surface area contributed by atoms with Crippen molar-refractivity contribution in [3.63, 3.8) is 0 Å². The van der Waals surface area contributed by atoms with Gasteiger partial charge in [-0.05, 0) is 31.2 Å². The number of carbonyl (C=O) groups is 2. The van der Waals surface area contributed by atoms with Gasteiger partial charge in [-0.15, -0.1) is 0 Å². The van der Waals surface area contributed by atoms with Gasteiger partial charge in [0.15, 0.2) is 5.78 Å². The van der Waals surface area contributed by atoms with E-state index in [1.165, 1.54) is 0 Å². The third-order valence-electron chi connectivity index (χ3n) is 7.08. The van der Waals surface area contributed by atoms with Crippen molar-refractivity contribution in [3.8, 4) is 0 Å². The minimum Gasteiger partial charge on any atom is -0.381 e. The van der Waals surface area contributed by atoms with Gasteiger partial charge in [0.25, 0.3) is 5.91 Å². The maximum Gasteiger partial charge on any atom is 0.250 e. The number of nitrogens with two attached hydrogens (primary N) is 2. The highest BCUT2D eigenvalue weighted by atomic mass is 16.1. The van der Waals surface area contributed by atoms with E-state index in [9.17, 15) is 9.59 Å². The van der Waals surface area contributed by atoms with E-state index in [1.807, 2.05) is 17.4 Å². The molecule has 0 aromatic heterocycles. The summed E-state index contributed by atoms with van der Waals surface area (Å²) in [4.78, 5) is 24.8. The normalized spacial score (nSPS) is 23.4. The third-order valence-corrected chi connectivity index (χ3v) is 7.08. The number of nitrogens with zero attached hydrogens (tertiary/aromatic N) is 1. The first-order valence-corrected chi connectivity index (χ1v) is 11.9. The maximum absolute atomic E-state index is 12.7. The molecule has 6 N–H and O–H groups in total. The largest absolute Gasteiger partial charge is 0.381 e. The number of quaternary nitrogens is 2. The predicted molar refractivity (Wildman–Crippen MR) is 133 cm³/mol. The molecule has 0 atom stereocenters. The van der Waals surface area contributed by atoms with Crippen LogP contribution in [0.5, 0.6) is 0 Å². The molecule has 0 heterocycles. The molecule has 1 fully saturated rings. The third kappa shape index (κ3) is 6.09. The van der Waals surface area contributed by atoms with Gasteiger partial charge in [0.2, 0.25) is 0 Å². The monoisotopic (exact) mass is 455 g/mol. The van der Waals surface area contributed by atoms with Crippen LogP contribution < -0.4 is 16.4 Å². The zero-order valence-corrected chi connectivity index (χ0v) is 21.0. The average molecular weight is 456 g/mol. The Bertz CT molecular complexity index is 979. The molecule has 1 amide bonds. The molecule has 0 unspecified atom stereocenters. The number of nitrogens with one attached hydrogen (secondary N) is 2. The second-order valence-corrected chi connectivity index (χ2v) is 11.5. The molecule has 180 valence electrons. The van der Waals surface area contributed by atoms with Gasteiger partial charge in [0.05, 0.1) is 44.0 Å². The van der Waals surface area contributed by atoms with Crippen LogP contribution in [0.1, 0.15) is 69.7 Å². The van der Waals surface area contributed by atoms with Gasteiger partial charge in [-0.25, -0.2) is 0 Å². The standard InChI is InChI=1S/C26H39N5O2/c1-16(27)24-22(14-26(2,3)15-23(24)32)30-18-9-12-20(25(28)33)21(13-18)29-17-7-10-19(11-8-17)31(4,5)6/h9,12-13,17,19H,7-8,10-11,14-15H2,1-6H3,(H4-,27,28,29,30,32,33)/p+2. The van der Waals surface area contributed by atoms with Gasteiger partial charge in [-0.2, -0.15) is 0 Å². The number of Topliss-reactive ketones (excluding diaryl/α,β-unsaturated/α-hetero) is 1. The molecular formula is C26H41N5O2+2. The number of ketones is 1. The molecule has 1 aromatic rings. The van der Waals surface area contributed by atoms with Gasteiger partial charge < -0.3 is 20.9 Å². The van der Waals surface area contributed by atoms with Gasteiger partial charge >= 0.3 is 0 Å². The van der Waals surface area contributed by atoms with Gasteiger partial charge in [0, 0.05) is 49.6 Å². The van der Waals surface area contributed by atoms with Crippen LogP contribution in [0.15, 0.2) is 29.5 Å². The van der Waals surface area contributed by atoms with Crippen LogP contribution in [-0.4, -0.2) is 55.1 Å². The van der Waals surface area contributed by atoms with Crippen LogP contribution in [0, 0.1) is 10.8 Å².